The minimum absolute atomic E-state index is 0.263. The first-order valence-corrected chi connectivity index (χ1v) is 10.3. The first-order chi connectivity index (χ1) is 11.9. The summed E-state index contributed by atoms with van der Waals surface area (Å²) in [7, 11) is -3.49. The summed E-state index contributed by atoms with van der Waals surface area (Å²) in [5.74, 6) is 0.675. The van der Waals surface area contributed by atoms with Crippen LogP contribution in [0.5, 0.6) is 5.75 Å². The molecule has 0 spiro atoms. The highest BCUT2D eigenvalue weighted by Gasteiger charge is 2.26. The first kappa shape index (κ1) is 18.0. The molecule has 25 heavy (non-hydrogen) atoms. The molecule has 0 unspecified atom stereocenters. The van der Waals surface area contributed by atoms with E-state index in [1.54, 1.807) is 24.3 Å². The second-order valence-electron chi connectivity index (χ2n) is 6.55. The molecule has 1 aliphatic rings. The van der Waals surface area contributed by atoms with E-state index in [9.17, 15) is 8.42 Å². The van der Waals surface area contributed by atoms with Crippen molar-refractivity contribution in [1.82, 2.24) is 9.29 Å². The molecule has 0 radical (unpaired) electrons. The van der Waals surface area contributed by atoms with Gasteiger partial charge in [-0.3, -0.25) is 0 Å². The molecule has 1 aromatic heterocycles. The number of benzene rings is 1. The van der Waals surface area contributed by atoms with Crippen molar-refractivity contribution in [1.29, 1.82) is 0 Å². The van der Waals surface area contributed by atoms with Gasteiger partial charge in [0.15, 0.2) is 0 Å². The van der Waals surface area contributed by atoms with Crippen LogP contribution < -0.4 is 9.46 Å². The van der Waals surface area contributed by atoms with Crippen molar-refractivity contribution in [2.45, 2.75) is 51.0 Å². The standard InChI is InChI=1S/C19H26N2O3S/c1-4-24-18-7-9-19(10-8-18)25(22,23)20-12-11-16-13-14(2)21(15(16)3)17-5-6-17/h7-10,13,17,20H,4-6,11-12H2,1-3H3. The van der Waals surface area contributed by atoms with Gasteiger partial charge in [0, 0.05) is 24.0 Å². The Hall–Kier alpha value is -1.79. The van der Waals surface area contributed by atoms with Crippen LogP contribution in [0.25, 0.3) is 0 Å². The van der Waals surface area contributed by atoms with Gasteiger partial charge < -0.3 is 9.30 Å². The van der Waals surface area contributed by atoms with Crippen molar-refractivity contribution < 1.29 is 13.2 Å². The van der Waals surface area contributed by atoms with E-state index in [0.717, 1.165) is 0 Å². The van der Waals surface area contributed by atoms with Crippen molar-refractivity contribution in [2.24, 2.45) is 0 Å². The number of rotatable bonds is 8. The fraction of sp³-hybridized carbons (Fsp3) is 0.474. The first-order valence-electron chi connectivity index (χ1n) is 8.82. The second kappa shape index (κ2) is 7.22. The molecule has 0 amide bonds. The summed E-state index contributed by atoms with van der Waals surface area (Å²) in [6.07, 6.45) is 3.20. The van der Waals surface area contributed by atoms with Crippen molar-refractivity contribution in [3.8, 4) is 5.75 Å². The minimum Gasteiger partial charge on any atom is -0.494 e. The molecule has 6 heteroatoms. The molecule has 1 heterocycles. The van der Waals surface area contributed by atoms with E-state index in [1.807, 2.05) is 6.92 Å². The van der Waals surface area contributed by atoms with Crippen LogP contribution in [-0.4, -0.2) is 26.1 Å². The molecule has 136 valence electrons. The molecular weight excluding hydrogens is 336 g/mol. The Morgan fingerprint density at radius 1 is 1.20 bits per heavy atom. The Morgan fingerprint density at radius 2 is 1.88 bits per heavy atom. The van der Waals surface area contributed by atoms with E-state index in [4.69, 9.17) is 4.74 Å². The van der Waals surface area contributed by atoms with Gasteiger partial charge in [0.05, 0.1) is 11.5 Å². The van der Waals surface area contributed by atoms with Gasteiger partial charge in [-0.1, -0.05) is 0 Å². The van der Waals surface area contributed by atoms with E-state index in [2.05, 4.69) is 29.2 Å². The van der Waals surface area contributed by atoms with Crippen LogP contribution in [0.2, 0.25) is 0 Å². The van der Waals surface area contributed by atoms with E-state index in [-0.39, 0.29) is 4.90 Å². The average Bonchev–Trinajstić information content (AvgIpc) is 3.35. The highest BCUT2D eigenvalue weighted by molar-refractivity contribution is 7.89. The van der Waals surface area contributed by atoms with Crippen molar-refractivity contribution in [3.05, 3.63) is 47.3 Å². The third-order valence-electron chi connectivity index (χ3n) is 4.63. The lowest BCUT2D eigenvalue weighted by atomic mass is 10.2. The predicted molar refractivity (Wildman–Crippen MR) is 98.7 cm³/mol. The Labute approximate surface area is 150 Å². The third kappa shape index (κ3) is 4.07. The Balaban J connectivity index is 1.62. The third-order valence-corrected chi connectivity index (χ3v) is 6.11. The van der Waals surface area contributed by atoms with Crippen LogP contribution in [-0.2, 0) is 16.4 Å². The number of nitrogens with one attached hydrogen (secondary N) is 1. The van der Waals surface area contributed by atoms with Gasteiger partial charge in [-0.2, -0.15) is 0 Å². The molecule has 0 saturated heterocycles. The molecule has 1 aromatic carbocycles. The van der Waals surface area contributed by atoms with Gasteiger partial charge in [-0.15, -0.1) is 0 Å². The van der Waals surface area contributed by atoms with E-state index in [0.29, 0.717) is 31.4 Å². The van der Waals surface area contributed by atoms with E-state index >= 15 is 0 Å². The quantitative estimate of drug-likeness (QED) is 0.783. The summed E-state index contributed by atoms with van der Waals surface area (Å²) in [4.78, 5) is 0.263. The number of ether oxygens (including phenoxy) is 1. The maximum atomic E-state index is 12.4. The lowest BCUT2D eigenvalue weighted by Crippen LogP contribution is -2.26. The number of aromatic nitrogens is 1. The lowest BCUT2D eigenvalue weighted by molar-refractivity contribution is 0.340. The Morgan fingerprint density at radius 3 is 2.48 bits per heavy atom. The molecule has 1 saturated carbocycles. The fourth-order valence-electron chi connectivity index (χ4n) is 3.28. The Bertz CT molecular complexity index is 834. The second-order valence-corrected chi connectivity index (χ2v) is 8.32. The van der Waals surface area contributed by atoms with Crippen LogP contribution in [0.15, 0.2) is 35.2 Å². The molecule has 0 bridgehead atoms. The summed E-state index contributed by atoms with van der Waals surface area (Å²) in [6, 6.07) is 9.34. The maximum Gasteiger partial charge on any atom is 0.240 e. The van der Waals surface area contributed by atoms with Gasteiger partial charge in [0.2, 0.25) is 10.0 Å². The van der Waals surface area contributed by atoms with Gasteiger partial charge in [0.1, 0.15) is 5.75 Å². The molecular formula is C19H26N2O3S. The zero-order valence-corrected chi connectivity index (χ0v) is 15.9. The predicted octanol–water partition coefficient (Wildman–Crippen LogP) is 3.36. The summed E-state index contributed by atoms with van der Waals surface area (Å²) in [5.41, 5.74) is 3.75. The van der Waals surface area contributed by atoms with Crippen LogP contribution in [0.3, 0.4) is 0 Å². The van der Waals surface area contributed by atoms with E-state index < -0.39 is 10.0 Å². The normalized spacial score (nSPS) is 14.7. The highest BCUT2D eigenvalue weighted by atomic mass is 32.2. The zero-order chi connectivity index (χ0) is 18.0. The zero-order valence-electron chi connectivity index (χ0n) is 15.1. The van der Waals surface area contributed by atoms with E-state index in [1.165, 1.54) is 29.8 Å². The summed E-state index contributed by atoms with van der Waals surface area (Å²) >= 11 is 0. The number of nitrogens with zero attached hydrogens (tertiary/aromatic N) is 1. The number of aryl methyl sites for hydroxylation is 1. The van der Waals surface area contributed by atoms with Crippen LogP contribution in [0.1, 0.15) is 42.8 Å². The van der Waals surface area contributed by atoms with Crippen LogP contribution in [0, 0.1) is 13.8 Å². The average molecular weight is 362 g/mol. The maximum absolute atomic E-state index is 12.4. The van der Waals surface area contributed by atoms with Gasteiger partial charge in [-0.05, 0) is 75.9 Å². The molecule has 5 nitrogen and oxygen atoms in total. The SMILES string of the molecule is CCOc1ccc(S(=O)(=O)NCCc2cc(C)n(C3CC3)c2C)cc1. The smallest absolute Gasteiger partial charge is 0.240 e. The lowest BCUT2D eigenvalue weighted by Gasteiger charge is -2.09. The Kier molecular flexibility index (Phi) is 5.20. The monoisotopic (exact) mass is 362 g/mol. The summed E-state index contributed by atoms with van der Waals surface area (Å²) in [6.45, 7) is 7.10. The molecule has 3 rings (SSSR count). The van der Waals surface area contributed by atoms with Crippen LogP contribution >= 0.6 is 0 Å². The molecule has 1 N–H and O–H groups in total. The molecule has 1 aliphatic carbocycles. The van der Waals surface area contributed by atoms with Gasteiger partial charge in [0.25, 0.3) is 0 Å². The van der Waals surface area contributed by atoms with Gasteiger partial charge in [-0.25, -0.2) is 13.1 Å². The molecule has 2 aromatic rings. The number of sulfonamides is 1. The fourth-order valence-corrected chi connectivity index (χ4v) is 4.31. The minimum atomic E-state index is -3.49. The summed E-state index contributed by atoms with van der Waals surface area (Å²) < 4.78 is 35.2. The van der Waals surface area contributed by atoms with Crippen LogP contribution in [0.4, 0.5) is 0 Å². The highest BCUT2D eigenvalue weighted by Crippen LogP contribution is 2.38. The van der Waals surface area contributed by atoms with Crippen molar-refractivity contribution in [2.75, 3.05) is 13.2 Å². The molecule has 0 atom stereocenters. The van der Waals surface area contributed by atoms with Gasteiger partial charge >= 0.3 is 0 Å². The number of hydrogen-bond donors (Lipinski definition) is 1. The number of hydrogen-bond acceptors (Lipinski definition) is 3. The summed E-state index contributed by atoms with van der Waals surface area (Å²) in [5, 5.41) is 0. The van der Waals surface area contributed by atoms with Crippen molar-refractivity contribution in [3.63, 3.8) is 0 Å². The largest absolute Gasteiger partial charge is 0.494 e. The molecule has 0 aliphatic heterocycles. The topological polar surface area (TPSA) is 60.3 Å². The van der Waals surface area contributed by atoms with Crippen molar-refractivity contribution >= 4 is 10.0 Å². The molecule has 1 fully saturated rings.